The fraction of sp³-hybridized carbons (Fsp3) is 0.0909. The summed E-state index contributed by atoms with van der Waals surface area (Å²) >= 11 is 1.58. The maximum absolute atomic E-state index is 11.9. The highest BCUT2D eigenvalue weighted by Crippen LogP contribution is 2.35. The molecule has 0 aliphatic carbocycles. The fourth-order valence-corrected chi connectivity index (χ4v) is 3.53. The van der Waals surface area contributed by atoms with E-state index in [0.29, 0.717) is 40.5 Å². The molecule has 0 unspecified atom stereocenters. The molecule has 3 aromatic rings. The minimum atomic E-state index is -1.11. The SMILES string of the molecule is N#Cc1ccc(OCc2ccsc2)cc1/C=C(/C(=O)O)c1ccc2c(c1)OCO2. The number of hydrogen-bond acceptors (Lipinski definition) is 6. The van der Waals surface area contributed by atoms with Crippen LogP contribution in [0.5, 0.6) is 17.2 Å². The Hall–Kier alpha value is -3.76. The first-order valence-electron chi connectivity index (χ1n) is 8.67. The summed E-state index contributed by atoms with van der Waals surface area (Å²) in [4.78, 5) is 11.9. The van der Waals surface area contributed by atoms with Gasteiger partial charge >= 0.3 is 5.97 Å². The third-order valence-corrected chi connectivity index (χ3v) is 5.07. The van der Waals surface area contributed by atoms with Gasteiger partial charge in [0.2, 0.25) is 6.79 Å². The number of nitrogens with zero attached hydrogens (tertiary/aromatic N) is 1. The molecule has 1 aromatic heterocycles. The lowest BCUT2D eigenvalue weighted by molar-refractivity contribution is -0.130. The number of ether oxygens (including phenoxy) is 3. The summed E-state index contributed by atoms with van der Waals surface area (Å²) in [6.07, 6.45) is 1.47. The van der Waals surface area contributed by atoms with Gasteiger partial charge in [-0.25, -0.2) is 4.79 Å². The van der Waals surface area contributed by atoms with E-state index < -0.39 is 5.97 Å². The Balaban J connectivity index is 1.68. The molecule has 0 bridgehead atoms. The summed E-state index contributed by atoms with van der Waals surface area (Å²) < 4.78 is 16.4. The minimum absolute atomic E-state index is 0.0368. The quantitative estimate of drug-likeness (QED) is 0.478. The van der Waals surface area contributed by atoms with E-state index in [9.17, 15) is 15.2 Å². The smallest absolute Gasteiger partial charge is 0.336 e. The highest BCUT2D eigenvalue weighted by atomic mass is 32.1. The first-order chi connectivity index (χ1) is 14.1. The maximum atomic E-state index is 11.9. The second kappa shape index (κ2) is 8.09. The lowest BCUT2D eigenvalue weighted by atomic mass is 9.99. The fourth-order valence-electron chi connectivity index (χ4n) is 2.88. The predicted octanol–water partition coefficient (Wildman–Crippen LogP) is 4.55. The van der Waals surface area contributed by atoms with Crippen LogP contribution in [0.2, 0.25) is 0 Å². The molecule has 0 saturated carbocycles. The molecule has 0 saturated heterocycles. The molecular weight excluding hydrogens is 390 g/mol. The second-order valence-electron chi connectivity index (χ2n) is 6.21. The molecule has 7 heteroatoms. The molecule has 1 N–H and O–H groups in total. The monoisotopic (exact) mass is 405 g/mol. The number of benzene rings is 2. The molecule has 4 rings (SSSR count). The zero-order valence-electron chi connectivity index (χ0n) is 15.1. The van der Waals surface area contributed by atoms with Crippen molar-refractivity contribution >= 4 is 29.0 Å². The van der Waals surface area contributed by atoms with Crippen molar-refractivity contribution in [2.75, 3.05) is 6.79 Å². The molecule has 144 valence electrons. The zero-order valence-corrected chi connectivity index (χ0v) is 15.9. The van der Waals surface area contributed by atoms with Crippen LogP contribution in [-0.2, 0) is 11.4 Å². The standard InChI is InChI=1S/C22H15NO5S/c23-10-16-1-3-18(26-11-14-5-6-29-12-14)7-17(16)8-19(22(24)25)15-2-4-20-21(9-15)28-13-27-20/h1-9,12H,11,13H2,(H,24,25)/b19-8+. The number of nitriles is 1. The van der Waals surface area contributed by atoms with Gasteiger partial charge in [-0.1, -0.05) is 6.07 Å². The van der Waals surface area contributed by atoms with Crippen molar-refractivity contribution in [3.8, 4) is 23.3 Å². The molecule has 0 radical (unpaired) electrons. The van der Waals surface area contributed by atoms with E-state index in [0.717, 1.165) is 5.56 Å². The Morgan fingerprint density at radius 2 is 2.07 bits per heavy atom. The lowest BCUT2D eigenvalue weighted by Gasteiger charge is -2.09. The van der Waals surface area contributed by atoms with Crippen LogP contribution < -0.4 is 14.2 Å². The molecule has 2 heterocycles. The van der Waals surface area contributed by atoms with Gasteiger partial charge in [-0.3, -0.25) is 0 Å². The van der Waals surface area contributed by atoms with Gasteiger partial charge in [-0.2, -0.15) is 16.6 Å². The van der Waals surface area contributed by atoms with E-state index in [4.69, 9.17) is 14.2 Å². The number of carboxylic acid groups (broad SMARTS) is 1. The average Bonchev–Trinajstić information content (AvgIpc) is 3.41. The van der Waals surface area contributed by atoms with Crippen LogP contribution in [0, 0.1) is 11.3 Å². The van der Waals surface area contributed by atoms with Crippen molar-refractivity contribution < 1.29 is 24.1 Å². The molecule has 2 aromatic carbocycles. The van der Waals surface area contributed by atoms with Crippen LogP contribution in [0.1, 0.15) is 22.3 Å². The largest absolute Gasteiger partial charge is 0.489 e. The summed E-state index contributed by atoms with van der Waals surface area (Å²) in [5, 5.41) is 23.1. The van der Waals surface area contributed by atoms with E-state index in [1.54, 1.807) is 47.7 Å². The molecule has 0 atom stereocenters. The van der Waals surface area contributed by atoms with E-state index in [2.05, 4.69) is 6.07 Å². The van der Waals surface area contributed by atoms with Gasteiger partial charge in [0, 0.05) is 0 Å². The molecule has 1 aliphatic rings. The average molecular weight is 405 g/mol. The van der Waals surface area contributed by atoms with Crippen LogP contribution in [0.3, 0.4) is 0 Å². The normalized spacial score (nSPS) is 12.4. The van der Waals surface area contributed by atoms with E-state index in [1.807, 2.05) is 16.8 Å². The number of rotatable bonds is 6. The molecule has 0 fully saturated rings. The van der Waals surface area contributed by atoms with Crippen molar-refractivity contribution in [3.05, 3.63) is 75.5 Å². The highest BCUT2D eigenvalue weighted by molar-refractivity contribution is 7.07. The third kappa shape index (κ3) is 4.08. The first-order valence-corrected chi connectivity index (χ1v) is 9.61. The van der Waals surface area contributed by atoms with Crippen molar-refractivity contribution in [1.82, 2.24) is 0 Å². The summed E-state index contributed by atoms with van der Waals surface area (Å²) in [7, 11) is 0. The highest BCUT2D eigenvalue weighted by Gasteiger charge is 2.18. The van der Waals surface area contributed by atoms with E-state index in [1.165, 1.54) is 6.08 Å². The van der Waals surface area contributed by atoms with Crippen molar-refractivity contribution in [2.24, 2.45) is 0 Å². The topological polar surface area (TPSA) is 88.8 Å². The number of carboxylic acids is 1. The number of thiophene rings is 1. The van der Waals surface area contributed by atoms with Crippen LogP contribution >= 0.6 is 11.3 Å². The summed E-state index contributed by atoms with van der Waals surface area (Å²) in [5.74, 6) is 0.497. The third-order valence-electron chi connectivity index (χ3n) is 4.34. The van der Waals surface area contributed by atoms with Gasteiger partial charge in [-0.15, -0.1) is 0 Å². The van der Waals surface area contributed by atoms with Crippen LogP contribution in [0.25, 0.3) is 11.6 Å². The predicted molar refractivity (Wildman–Crippen MR) is 108 cm³/mol. The molecule has 0 spiro atoms. The Labute approximate surface area is 170 Å². The van der Waals surface area contributed by atoms with Crippen LogP contribution in [0.4, 0.5) is 0 Å². The Bertz CT molecular complexity index is 1130. The van der Waals surface area contributed by atoms with Gasteiger partial charge in [0.25, 0.3) is 0 Å². The molecule has 0 amide bonds. The second-order valence-corrected chi connectivity index (χ2v) is 6.99. The molecular formula is C22H15NO5S. The Kier molecular flexibility index (Phi) is 5.18. The van der Waals surface area contributed by atoms with Crippen molar-refractivity contribution in [3.63, 3.8) is 0 Å². The summed E-state index contributed by atoms with van der Waals surface area (Å²) in [6.45, 7) is 0.500. The van der Waals surface area contributed by atoms with Gasteiger partial charge < -0.3 is 19.3 Å². The number of carbonyl (C=O) groups is 1. The number of fused-ring (bicyclic) bond motifs is 1. The summed E-state index contributed by atoms with van der Waals surface area (Å²) in [5.41, 5.74) is 2.35. The van der Waals surface area contributed by atoms with Gasteiger partial charge in [0.05, 0.1) is 17.2 Å². The van der Waals surface area contributed by atoms with Crippen molar-refractivity contribution in [2.45, 2.75) is 6.61 Å². The van der Waals surface area contributed by atoms with E-state index in [-0.39, 0.29) is 12.4 Å². The molecule has 1 aliphatic heterocycles. The molecule has 29 heavy (non-hydrogen) atoms. The van der Waals surface area contributed by atoms with E-state index >= 15 is 0 Å². The van der Waals surface area contributed by atoms with Gasteiger partial charge in [0.1, 0.15) is 12.4 Å². The van der Waals surface area contributed by atoms with Crippen LogP contribution in [-0.4, -0.2) is 17.9 Å². The van der Waals surface area contributed by atoms with Crippen molar-refractivity contribution in [1.29, 1.82) is 5.26 Å². The minimum Gasteiger partial charge on any atom is -0.489 e. The Morgan fingerprint density at radius 3 is 2.83 bits per heavy atom. The maximum Gasteiger partial charge on any atom is 0.336 e. The lowest BCUT2D eigenvalue weighted by Crippen LogP contribution is -2.01. The van der Waals surface area contributed by atoms with Gasteiger partial charge in [0.15, 0.2) is 11.5 Å². The van der Waals surface area contributed by atoms with Gasteiger partial charge in [-0.05, 0) is 69.9 Å². The zero-order chi connectivity index (χ0) is 20.2. The molecule has 6 nitrogen and oxygen atoms in total. The number of hydrogen-bond donors (Lipinski definition) is 1. The number of aliphatic carboxylic acids is 1. The summed E-state index contributed by atoms with van der Waals surface area (Å²) in [6, 6.07) is 14.0. The van der Waals surface area contributed by atoms with Crippen LogP contribution in [0.15, 0.2) is 53.2 Å². The first kappa shape index (κ1) is 18.6. The Morgan fingerprint density at radius 1 is 1.21 bits per heavy atom.